The minimum absolute atomic E-state index is 0.139. The molecule has 0 fully saturated rings. The molecule has 2 rings (SSSR count). The number of alkyl halides is 3. The van der Waals surface area contributed by atoms with Gasteiger partial charge in [0, 0.05) is 5.38 Å². The first kappa shape index (κ1) is 9.90. The first-order chi connectivity index (χ1) is 6.97. The van der Waals surface area contributed by atoms with Gasteiger partial charge in [0.15, 0.2) is 5.13 Å². The first-order valence-corrected chi connectivity index (χ1v) is 4.47. The topological polar surface area (TPSA) is 77.8 Å². The van der Waals surface area contributed by atoms with Crippen LogP contribution in [0.25, 0.3) is 11.6 Å². The molecule has 2 N–H and O–H groups in total. The molecule has 0 amide bonds. The maximum atomic E-state index is 12.1. The Morgan fingerprint density at radius 1 is 1.33 bits per heavy atom. The average molecular weight is 236 g/mol. The Morgan fingerprint density at radius 2 is 2.07 bits per heavy atom. The summed E-state index contributed by atoms with van der Waals surface area (Å²) in [6, 6.07) is 0. The van der Waals surface area contributed by atoms with Crippen molar-refractivity contribution in [1.82, 2.24) is 15.1 Å². The summed E-state index contributed by atoms with van der Waals surface area (Å²) in [4.78, 5) is 6.86. The summed E-state index contributed by atoms with van der Waals surface area (Å²) in [5, 5.41) is 4.44. The van der Waals surface area contributed by atoms with Crippen molar-refractivity contribution in [3.8, 4) is 11.6 Å². The van der Waals surface area contributed by atoms with Crippen molar-refractivity contribution in [3.63, 3.8) is 0 Å². The highest BCUT2D eigenvalue weighted by molar-refractivity contribution is 7.13. The molecule has 5 nitrogen and oxygen atoms in total. The molecule has 0 aliphatic rings. The average Bonchev–Trinajstić information content (AvgIpc) is 2.69. The Bertz CT molecular complexity index is 477. The van der Waals surface area contributed by atoms with Crippen LogP contribution in [0.1, 0.15) is 5.82 Å². The van der Waals surface area contributed by atoms with Crippen molar-refractivity contribution in [1.29, 1.82) is 0 Å². The van der Waals surface area contributed by atoms with Crippen LogP contribution in [0.2, 0.25) is 0 Å². The molecule has 0 aliphatic carbocycles. The zero-order valence-electron chi connectivity index (χ0n) is 6.95. The van der Waals surface area contributed by atoms with Gasteiger partial charge in [0.05, 0.1) is 0 Å². The summed E-state index contributed by atoms with van der Waals surface area (Å²) in [5.41, 5.74) is 5.44. The number of hydrogen-bond donors (Lipinski definition) is 1. The third kappa shape index (κ3) is 1.91. The number of anilines is 1. The number of hydrogen-bond acceptors (Lipinski definition) is 6. The van der Waals surface area contributed by atoms with E-state index in [1.54, 1.807) is 0 Å². The summed E-state index contributed by atoms with van der Waals surface area (Å²) < 4.78 is 40.7. The van der Waals surface area contributed by atoms with Gasteiger partial charge in [0.1, 0.15) is 5.69 Å². The van der Waals surface area contributed by atoms with E-state index in [1.165, 1.54) is 5.38 Å². The largest absolute Gasteiger partial charge is 0.455 e. The molecular formula is C6H3F3N4OS. The lowest BCUT2D eigenvalue weighted by molar-refractivity contribution is -0.146. The number of aromatic nitrogens is 3. The second kappa shape index (κ2) is 3.19. The molecule has 9 heteroatoms. The molecule has 0 atom stereocenters. The molecule has 2 aromatic heterocycles. The standard InChI is InChI=1S/C6H3F3N4OS/c7-6(8,9)4-12-3(14-13-4)2-1-15-5(10)11-2/h1H,(H2,10,11). The van der Waals surface area contributed by atoms with Crippen LogP contribution >= 0.6 is 11.3 Å². The van der Waals surface area contributed by atoms with Gasteiger partial charge < -0.3 is 10.3 Å². The van der Waals surface area contributed by atoms with Gasteiger partial charge in [-0.1, -0.05) is 5.16 Å². The summed E-state index contributed by atoms with van der Waals surface area (Å²) in [7, 11) is 0. The first-order valence-electron chi connectivity index (χ1n) is 3.59. The molecule has 0 spiro atoms. The lowest BCUT2D eigenvalue weighted by Crippen LogP contribution is -2.07. The quantitative estimate of drug-likeness (QED) is 0.816. The van der Waals surface area contributed by atoms with E-state index in [0.717, 1.165) is 11.3 Å². The van der Waals surface area contributed by atoms with E-state index in [2.05, 4.69) is 19.6 Å². The number of nitrogen functional groups attached to an aromatic ring is 1. The number of nitrogens with zero attached hydrogens (tertiary/aromatic N) is 3. The highest BCUT2D eigenvalue weighted by Crippen LogP contribution is 2.29. The van der Waals surface area contributed by atoms with Gasteiger partial charge >= 0.3 is 6.18 Å². The number of rotatable bonds is 1. The van der Waals surface area contributed by atoms with Gasteiger partial charge in [-0.2, -0.15) is 18.2 Å². The van der Waals surface area contributed by atoms with E-state index in [4.69, 9.17) is 5.73 Å². The molecule has 15 heavy (non-hydrogen) atoms. The summed E-state index contributed by atoms with van der Waals surface area (Å²) in [6.07, 6.45) is -4.62. The molecule has 80 valence electrons. The summed E-state index contributed by atoms with van der Waals surface area (Å²) in [6.45, 7) is 0. The molecule has 0 unspecified atom stereocenters. The molecule has 0 radical (unpaired) electrons. The van der Waals surface area contributed by atoms with Crippen molar-refractivity contribution >= 4 is 16.5 Å². The van der Waals surface area contributed by atoms with Crippen molar-refractivity contribution in [2.24, 2.45) is 0 Å². The van der Waals surface area contributed by atoms with E-state index in [0.29, 0.717) is 0 Å². The lowest BCUT2D eigenvalue weighted by Gasteiger charge is -1.95. The fourth-order valence-corrected chi connectivity index (χ4v) is 1.37. The Balaban J connectivity index is 2.36. The molecular weight excluding hydrogens is 233 g/mol. The fraction of sp³-hybridized carbons (Fsp3) is 0.167. The van der Waals surface area contributed by atoms with Crippen LogP contribution in [0.4, 0.5) is 18.3 Å². The van der Waals surface area contributed by atoms with Crippen LogP contribution in [0.5, 0.6) is 0 Å². The van der Waals surface area contributed by atoms with E-state index < -0.39 is 12.0 Å². The number of thiazole rings is 1. The maximum Gasteiger partial charge on any atom is 0.455 e. The predicted molar refractivity (Wildman–Crippen MR) is 44.8 cm³/mol. The second-order valence-electron chi connectivity index (χ2n) is 2.49. The van der Waals surface area contributed by atoms with E-state index in [-0.39, 0.29) is 16.7 Å². The highest BCUT2D eigenvalue weighted by atomic mass is 32.1. The van der Waals surface area contributed by atoms with Crippen LogP contribution in [0.15, 0.2) is 9.90 Å². The van der Waals surface area contributed by atoms with E-state index >= 15 is 0 Å². The van der Waals surface area contributed by atoms with Crippen molar-refractivity contribution in [2.75, 3.05) is 5.73 Å². The van der Waals surface area contributed by atoms with Crippen molar-refractivity contribution in [2.45, 2.75) is 6.18 Å². The van der Waals surface area contributed by atoms with Gasteiger partial charge in [-0.15, -0.1) is 11.3 Å². The third-order valence-electron chi connectivity index (χ3n) is 1.42. The zero-order chi connectivity index (χ0) is 11.1. The summed E-state index contributed by atoms with van der Waals surface area (Å²) in [5.74, 6) is -1.63. The van der Waals surface area contributed by atoms with Gasteiger partial charge in [-0.05, 0) is 0 Å². The second-order valence-corrected chi connectivity index (χ2v) is 3.38. The monoisotopic (exact) mass is 236 g/mol. The molecule has 2 heterocycles. The van der Waals surface area contributed by atoms with Gasteiger partial charge in [0.25, 0.3) is 11.7 Å². The molecule has 0 saturated carbocycles. The van der Waals surface area contributed by atoms with Crippen molar-refractivity contribution < 1.29 is 17.7 Å². The van der Waals surface area contributed by atoms with Crippen molar-refractivity contribution in [3.05, 3.63) is 11.2 Å². The molecule has 2 aromatic rings. The van der Waals surface area contributed by atoms with Crippen LogP contribution in [0, 0.1) is 0 Å². The molecule has 0 aliphatic heterocycles. The van der Waals surface area contributed by atoms with Gasteiger partial charge in [-0.3, -0.25) is 0 Å². The Labute approximate surface area is 84.7 Å². The Hall–Kier alpha value is -1.64. The normalized spacial score (nSPS) is 11.9. The number of halogens is 3. The van der Waals surface area contributed by atoms with E-state index in [1.807, 2.05) is 0 Å². The van der Waals surface area contributed by atoms with Crippen LogP contribution in [0.3, 0.4) is 0 Å². The predicted octanol–water partition coefficient (Wildman–Crippen LogP) is 1.79. The van der Waals surface area contributed by atoms with Crippen LogP contribution in [-0.4, -0.2) is 15.1 Å². The zero-order valence-corrected chi connectivity index (χ0v) is 7.76. The lowest BCUT2D eigenvalue weighted by atomic mass is 10.5. The highest BCUT2D eigenvalue weighted by Gasteiger charge is 2.37. The molecule has 0 bridgehead atoms. The fourth-order valence-electron chi connectivity index (χ4n) is 0.828. The third-order valence-corrected chi connectivity index (χ3v) is 2.09. The molecule has 0 saturated heterocycles. The summed E-state index contributed by atoms with van der Waals surface area (Å²) >= 11 is 1.07. The SMILES string of the molecule is Nc1nc(-c2nc(C(F)(F)F)no2)cs1. The minimum atomic E-state index is -4.62. The molecule has 0 aromatic carbocycles. The van der Waals surface area contributed by atoms with Crippen LogP contribution < -0.4 is 5.73 Å². The smallest absolute Gasteiger partial charge is 0.375 e. The Kier molecular flexibility index (Phi) is 2.11. The van der Waals surface area contributed by atoms with Gasteiger partial charge in [-0.25, -0.2) is 4.98 Å². The number of nitrogens with two attached hydrogens (primary N) is 1. The van der Waals surface area contributed by atoms with Gasteiger partial charge in [0.2, 0.25) is 0 Å². The Morgan fingerprint density at radius 3 is 2.53 bits per heavy atom. The van der Waals surface area contributed by atoms with Crippen LogP contribution in [-0.2, 0) is 6.18 Å². The minimum Gasteiger partial charge on any atom is -0.375 e. The maximum absolute atomic E-state index is 12.1. The van der Waals surface area contributed by atoms with E-state index in [9.17, 15) is 13.2 Å².